The maximum absolute atomic E-state index is 12.8. The van der Waals surface area contributed by atoms with Crippen LogP contribution in [0.15, 0.2) is 42.5 Å². The lowest BCUT2D eigenvalue weighted by Crippen LogP contribution is -2.13. The summed E-state index contributed by atoms with van der Waals surface area (Å²) in [6.45, 7) is 0. The number of nitrogens with zero attached hydrogens (tertiary/aromatic N) is 1. The van der Waals surface area contributed by atoms with Gasteiger partial charge in [-0.3, -0.25) is 14.9 Å². The third kappa shape index (κ3) is 4.50. The van der Waals surface area contributed by atoms with Gasteiger partial charge in [0.1, 0.15) is 11.6 Å². The molecule has 23 heavy (non-hydrogen) atoms. The number of anilines is 1. The molecule has 1 amide bonds. The fourth-order valence-corrected chi connectivity index (χ4v) is 2.03. The Morgan fingerprint density at radius 1 is 1.26 bits per heavy atom. The molecule has 0 saturated heterocycles. The number of hydrogen-bond acceptors (Lipinski definition) is 4. The first-order valence-electron chi connectivity index (χ1n) is 6.86. The van der Waals surface area contributed by atoms with E-state index in [9.17, 15) is 19.3 Å². The third-order valence-electron chi connectivity index (χ3n) is 3.22. The molecule has 0 atom stereocenters. The van der Waals surface area contributed by atoms with Crippen LogP contribution in [0.1, 0.15) is 12.0 Å². The molecule has 0 bridgehead atoms. The van der Waals surface area contributed by atoms with E-state index in [4.69, 9.17) is 4.74 Å². The molecule has 0 aliphatic carbocycles. The molecular formula is C16H15FN2O4. The number of nitrogens with one attached hydrogen (secondary N) is 1. The van der Waals surface area contributed by atoms with E-state index in [0.717, 1.165) is 5.56 Å². The van der Waals surface area contributed by atoms with Crippen molar-refractivity contribution in [1.29, 1.82) is 0 Å². The minimum atomic E-state index is -0.548. The first-order valence-corrected chi connectivity index (χ1v) is 6.86. The van der Waals surface area contributed by atoms with Gasteiger partial charge < -0.3 is 10.1 Å². The molecule has 2 aromatic rings. The third-order valence-corrected chi connectivity index (χ3v) is 3.22. The van der Waals surface area contributed by atoms with Crippen molar-refractivity contribution in [1.82, 2.24) is 0 Å². The first kappa shape index (κ1) is 16.4. The highest BCUT2D eigenvalue weighted by Gasteiger charge is 2.13. The molecule has 0 saturated carbocycles. The molecule has 0 aliphatic heterocycles. The van der Waals surface area contributed by atoms with Crippen molar-refractivity contribution in [2.45, 2.75) is 12.8 Å². The number of carbonyl (C=O) groups excluding carboxylic acids is 1. The van der Waals surface area contributed by atoms with Gasteiger partial charge in [0.15, 0.2) is 0 Å². The van der Waals surface area contributed by atoms with Crippen molar-refractivity contribution in [3.8, 4) is 5.75 Å². The summed E-state index contributed by atoms with van der Waals surface area (Å²) in [7, 11) is 1.41. The van der Waals surface area contributed by atoms with Crippen molar-refractivity contribution in [3.05, 3.63) is 64.0 Å². The zero-order chi connectivity index (χ0) is 16.8. The van der Waals surface area contributed by atoms with Crippen LogP contribution in [0, 0.1) is 15.9 Å². The normalized spacial score (nSPS) is 10.2. The Morgan fingerprint density at radius 2 is 1.96 bits per heavy atom. The Hall–Kier alpha value is -2.96. The summed E-state index contributed by atoms with van der Waals surface area (Å²) in [4.78, 5) is 22.2. The zero-order valence-corrected chi connectivity index (χ0v) is 12.4. The monoisotopic (exact) mass is 318 g/mol. The number of hydrogen-bond donors (Lipinski definition) is 1. The van der Waals surface area contributed by atoms with Crippen LogP contribution in [0.5, 0.6) is 5.75 Å². The average Bonchev–Trinajstić information content (AvgIpc) is 2.54. The summed E-state index contributed by atoms with van der Waals surface area (Å²) < 4.78 is 17.9. The fraction of sp³-hybridized carbons (Fsp3) is 0.188. The number of carbonyl (C=O) groups is 1. The number of non-ortho nitro benzene ring substituents is 1. The molecule has 2 aromatic carbocycles. The quantitative estimate of drug-likeness (QED) is 0.654. The number of halogens is 1. The van der Waals surface area contributed by atoms with Gasteiger partial charge in [-0.2, -0.15) is 0 Å². The molecule has 120 valence electrons. The van der Waals surface area contributed by atoms with Crippen LogP contribution in [-0.2, 0) is 11.2 Å². The van der Waals surface area contributed by atoms with Crippen LogP contribution in [0.3, 0.4) is 0 Å². The molecule has 0 aromatic heterocycles. The highest BCUT2D eigenvalue weighted by Crippen LogP contribution is 2.29. The maximum Gasteiger partial charge on any atom is 0.271 e. The molecular weight excluding hydrogens is 303 g/mol. The lowest BCUT2D eigenvalue weighted by Gasteiger charge is -2.10. The number of ether oxygens (including phenoxy) is 1. The van der Waals surface area contributed by atoms with Gasteiger partial charge in [-0.1, -0.05) is 12.1 Å². The van der Waals surface area contributed by atoms with Crippen LogP contribution in [0.25, 0.3) is 0 Å². The molecule has 0 heterocycles. The summed E-state index contributed by atoms with van der Waals surface area (Å²) in [5.41, 5.74) is 0.929. The summed E-state index contributed by atoms with van der Waals surface area (Å²) in [6, 6.07) is 9.84. The largest absolute Gasteiger partial charge is 0.495 e. The molecule has 0 fully saturated rings. The number of methoxy groups -OCH3 is 1. The van der Waals surface area contributed by atoms with E-state index >= 15 is 0 Å². The zero-order valence-electron chi connectivity index (χ0n) is 12.4. The van der Waals surface area contributed by atoms with Crippen molar-refractivity contribution in [2.24, 2.45) is 0 Å². The Labute approximate surface area is 132 Å². The van der Waals surface area contributed by atoms with E-state index in [1.165, 1.54) is 37.4 Å². The SMILES string of the molecule is COc1ccc([N+](=O)[O-])cc1NC(=O)CCc1ccc(F)cc1. The van der Waals surface area contributed by atoms with Crippen LogP contribution < -0.4 is 10.1 Å². The van der Waals surface area contributed by atoms with Gasteiger partial charge in [-0.25, -0.2) is 4.39 Å². The second kappa shape index (κ2) is 7.35. The van der Waals surface area contributed by atoms with Crippen molar-refractivity contribution < 1.29 is 18.8 Å². The standard InChI is InChI=1S/C16H15FN2O4/c1-23-15-8-7-13(19(21)22)10-14(15)18-16(20)9-4-11-2-5-12(17)6-3-11/h2-3,5-8,10H,4,9H2,1H3,(H,18,20). The number of benzene rings is 2. The minimum absolute atomic E-state index is 0.139. The van der Waals surface area contributed by atoms with Gasteiger partial charge in [-0.15, -0.1) is 0 Å². The van der Waals surface area contributed by atoms with E-state index in [0.29, 0.717) is 12.2 Å². The average molecular weight is 318 g/mol. The van der Waals surface area contributed by atoms with E-state index in [1.54, 1.807) is 12.1 Å². The molecule has 7 heteroatoms. The Balaban J connectivity index is 2.02. The Kier molecular flexibility index (Phi) is 5.24. The number of aryl methyl sites for hydroxylation is 1. The summed E-state index contributed by atoms with van der Waals surface area (Å²) in [5.74, 6) is -0.307. The van der Waals surface area contributed by atoms with Gasteiger partial charge in [-0.05, 0) is 30.2 Å². The van der Waals surface area contributed by atoms with Crippen LogP contribution in [0.2, 0.25) is 0 Å². The number of rotatable bonds is 6. The summed E-state index contributed by atoms with van der Waals surface area (Å²) in [5, 5.41) is 13.4. The van der Waals surface area contributed by atoms with E-state index in [-0.39, 0.29) is 29.5 Å². The van der Waals surface area contributed by atoms with Gasteiger partial charge in [0.2, 0.25) is 5.91 Å². The molecule has 2 rings (SSSR count). The Bertz CT molecular complexity index is 717. The lowest BCUT2D eigenvalue weighted by molar-refractivity contribution is -0.384. The molecule has 0 radical (unpaired) electrons. The highest BCUT2D eigenvalue weighted by atomic mass is 19.1. The number of amides is 1. The topological polar surface area (TPSA) is 81.5 Å². The second-order valence-electron chi connectivity index (χ2n) is 4.82. The van der Waals surface area contributed by atoms with Crippen LogP contribution in [-0.4, -0.2) is 17.9 Å². The molecule has 0 unspecified atom stereocenters. The molecule has 0 aliphatic rings. The number of nitro groups is 1. The second-order valence-corrected chi connectivity index (χ2v) is 4.82. The predicted molar refractivity (Wildman–Crippen MR) is 83.0 cm³/mol. The highest BCUT2D eigenvalue weighted by molar-refractivity contribution is 5.92. The van der Waals surface area contributed by atoms with Crippen molar-refractivity contribution >= 4 is 17.3 Å². The molecule has 0 spiro atoms. The first-order chi connectivity index (χ1) is 11.0. The summed E-state index contributed by atoms with van der Waals surface area (Å²) >= 11 is 0. The van der Waals surface area contributed by atoms with Crippen LogP contribution in [0.4, 0.5) is 15.8 Å². The van der Waals surface area contributed by atoms with Gasteiger partial charge >= 0.3 is 0 Å². The van der Waals surface area contributed by atoms with Gasteiger partial charge in [0, 0.05) is 18.6 Å². The van der Waals surface area contributed by atoms with E-state index in [2.05, 4.69) is 5.32 Å². The van der Waals surface area contributed by atoms with Gasteiger partial charge in [0.05, 0.1) is 17.7 Å². The Morgan fingerprint density at radius 3 is 2.57 bits per heavy atom. The van der Waals surface area contributed by atoms with E-state index < -0.39 is 4.92 Å². The van der Waals surface area contributed by atoms with Crippen molar-refractivity contribution in [3.63, 3.8) is 0 Å². The van der Waals surface area contributed by atoms with Crippen molar-refractivity contribution in [2.75, 3.05) is 12.4 Å². The van der Waals surface area contributed by atoms with E-state index in [1.807, 2.05) is 0 Å². The maximum atomic E-state index is 12.8. The summed E-state index contributed by atoms with van der Waals surface area (Å²) in [6.07, 6.45) is 0.598. The minimum Gasteiger partial charge on any atom is -0.495 e. The molecule has 1 N–H and O–H groups in total. The van der Waals surface area contributed by atoms with Crippen LogP contribution >= 0.6 is 0 Å². The fourth-order valence-electron chi connectivity index (χ4n) is 2.03. The smallest absolute Gasteiger partial charge is 0.271 e. The van der Waals surface area contributed by atoms with Gasteiger partial charge in [0.25, 0.3) is 5.69 Å². The number of nitro benzene ring substituents is 1. The molecule has 6 nitrogen and oxygen atoms in total. The lowest BCUT2D eigenvalue weighted by atomic mass is 10.1. The predicted octanol–water partition coefficient (Wildman–Crippen LogP) is 3.31.